The van der Waals surface area contributed by atoms with Crippen molar-refractivity contribution in [2.45, 2.75) is 26.4 Å². The van der Waals surface area contributed by atoms with Gasteiger partial charge in [0.1, 0.15) is 5.82 Å². The molecule has 110 valence electrons. The van der Waals surface area contributed by atoms with Crippen molar-refractivity contribution in [1.82, 2.24) is 9.80 Å². The molecule has 0 atom stereocenters. The summed E-state index contributed by atoms with van der Waals surface area (Å²) in [6, 6.07) is 4.77. The van der Waals surface area contributed by atoms with Crippen LogP contribution in [0.15, 0.2) is 18.2 Å². The lowest BCUT2D eigenvalue weighted by molar-refractivity contribution is -0.128. The molecule has 5 heteroatoms. The van der Waals surface area contributed by atoms with Gasteiger partial charge in [0.2, 0.25) is 5.91 Å². The van der Waals surface area contributed by atoms with Gasteiger partial charge in [0.15, 0.2) is 0 Å². The lowest BCUT2D eigenvalue weighted by Gasteiger charge is -2.22. The van der Waals surface area contributed by atoms with Crippen LogP contribution >= 0.6 is 0 Å². The molecule has 1 aliphatic heterocycles. The highest BCUT2D eigenvalue weighted by Gasteiger charge is 2.17. The molecule has 1 aromatic rings. The molecule has 2 N–H and O–H groups in total. The van der Waals surface area contributed by atoms with Crippen LogP contribution < -0.4 is 5.73 Å². The summed E-state index contributed by atoms with van der Waals surface area (Å²) >= 11 is 0. The van der Waals surface area contributed by atoms with Crippen molar-refractivity contribution in [1.29, 1.82) is 0 Å². The van der Waals surface area contributed by atoms with E-state index < -0.39 is 0 Å². The van der Waals surface area contributed by atoms with Crippen LogP contribution in [0.1, 0.15) is 24.5 Å². The molecule has 1 aromatic carbocycles. The molecule has 1 saturated heterocycles. The topological polar surface area (TPSA) is 49.6 Å². The zero-order valence-corrected chi connectivity index (χ0v) is 11.9. The highest BCUT2D eigenvalue weighted by molar-refractivity contribution is 5.73. The van der Waals surface area contributed by atoms with Gasteiger partial charge in [0, 0.05) is 46.2 Å². The Hall–Kier alpha value is -1.46. The van der Waals surface area contributed by atoms with Gasteiger partial charge in [-0.25, -0.2) is 4.39 Å². The molecular formula is C15H22FN3O. The van der Waals surface area contributed by atoms with Gasteiger partial charge < -0.3 is 10.6 Å². The van der Waals surface area contributed by atoms with Crippen LogP contribution in [0.2, 0.25) is 0 Å². The van der Waals surface area contributed by atoms with E-state index in [4.69, 9.17) is 5.73 Å². The third-order valence-electron chi connectivity index (χ3n) is 3.82. The molecule has 0 unspecified atom stereocenters. The van der Waals surface area contributed by atoms with Gasteiger partial charge in [-0.2, -0.15) is 0 Å². The summed E-state index contributed by atoms with van der Waals surface area (Å²) in [5.74, 6) is -0.0994. The third kappa shape index (κ3) is 3.77. The summed E-state index contributed by atoms with van der Waals surface area (Å²) in [6.07, 6.45) is 0.951. The summed E-state index contributed by atoms with van der Waals surface area (Å²) in [6.45, 7) is 6.00. The number of hydrogen-bond acceptors (Lipinski definition) is 3. The van der Waals surface area contributed by atoms with Gasteiger partial charge >= 0.3 is 0 Å². The van der Waals surface area contributed by atoms with E-state index in [0.717, 1.165) is 43.7 Å². The molecule has 2 rings (SSSR count). The molecule has 0 aliphatic carbocycles. The summed E-state index contributed by atoms with van der Waals surface area (Å²) in [7, 11) is 0. The first-order chi connectivity index (χ1) is 9.60. The van der Waals surface area contributed by atoms with E-state index in [1.165, 1.54) is 6.07 Å². The van der Waals surface area contributed by atoms with Crippen LogP contribution in [0.25, 0.3) is 0 Å². The summed E-state index contributed by atoms with van der Waals surface area (Å²) in [4.78, 5) is 15.5. The van der Waals surface area contributed by atoms with Gasteiger partial charge in [-0.05, 0) is 29.7 Å². The maximum atomic E-state index is 13.4. The number of hydrogen-bond donors (Lipinski definition) is 1. The SMILES string of the molecule is CC(=O)N1CCCN(Cc2cc(F)ccc2CN)CC1. The largest absolute Gasteiger partial charge is 0.342 e. The van der Waals surface area contributed by atoms with Crippen molar-refractivity contribution in [3.8, 4) is 0 Å². The Balaban J connectivity index is 2.03. The molecule has 0 radical (unpaired) electrons. The Morgan fingerprint density at radius 2 is 2.05 bits per heavy atom. The quantitative estimate of drug-likeness (QED) is 0.908. The first-order valence-electron chi connectivity index (χ1n) is 7.05. The fourth-order valence-electron chi connectivity index (χ4n) is 2.63. The molecule has 0 saturated carbocycles. The van der Waals surface area contributed by atoms with Crippen LogP contribution in [-0.4, -0.2) is 41.9 Å². The highest BCUT2D eigenvalue weighted by Crippen LogP contribution is 2.15. The second-order valence-corrected chi connectivity index (χ2v) is 5.25. The van der Waals surface area contributed by atoms with Crippen LogP contribution in [0, 0.1) is 5.82 Å². The number of nitrogens with two attached hydrogens (primary N) is 1. The van der Waals surface area contributed by atoms with Crippen LogP contribution in [0.5, 0.6) is 0 Å². The third-order valence-corrected chi connectivity index (χ3v) is 3.82. The predicted octanol–water partition coefficient (Wildman–Crippen LogP) is 1.34. The highest BCUT2D eigenvalue weighted by atomic mass is 19.1. The Labute approximate surface area is 119 Å². The van der Waals surface area contributed by atoms with Gasteiger partial charge in [-0.1, -0.05) is 6.07 Å². The molecule has 0 spiro atoms. The van der Waals surface area contributed by atoms with Gasteiger partial charge in [0.05, 0.1) is 0 Å². The minimum absolute atomic E-state index is 0.125. The smallest absolute Gasteiger partial charge is 0.219 e. The van der Waals surface area contributed by atoms with Crippen molar-refractivity contribution in [2.75, 3.05) is 26.2 Å². The first kappa shape index (κ1) is 14.9. The average Bonchev–Trinajstić information content (AvgIpc) is 2.65. The number of nitrogens with zero attached hydrogens (tertiary/aromatic N) is 2. The van der Waals surface area contributed by atoms with E-state index in [9.17, 15) is 9.18 Å². The molecular weight excluding hydrogens is 257 g/mol. The predicted molar refractivity (Wildman–Crippen MR) is 76.4 cm³/mol. The zero-order valence-electron chi connectivity index (χ0n) is 11.9. The fraction of sp³-hybridized carbons (Fsp3) is 0.533. The van der Waals surface area contributed by atoms with Gasteiger partial charge in [-0.15, -0.1) is 0 Å². The molecule has 0 bridgehead atoms. The summed E-state index contributed by atoms with van der Waals surface area (Å²) in [5.41, 5.74) is 7.64. The van der Waals surface area contributed by atoms with E-state index in [1.54, 1.807) is 19.1 Å². The Morgan fingerprint density at radius 3 is 2.75 bits per heavy atom. The number of halogens is 1. The molecule has 1 heterocycles. The number of carbonyl (C=O) groups is 1. The Bertz CT molecular complexity index is 478. The number of amides is 1. The molecule has 0 aromatic heterocycles. The Kier molecular flexibility index (Phi) is 5.09. The first-order valence-corrected chi connectivity index (χ1v) is 7.05. The summed E-state index contributed by atoms with van der Waals surface area (Å²) in [5, 5.41) is 0. The maximum absolute atomic E-state index is 13.4. The standard InChI is InChI=1S/C15H22FN3O/c1-12(20)19-6-2-5-18(7-8-19)11-14-9-15(16)4-3-13(14)10-17/h3-4,9H,2,5-8,10-11,17H2,1H3. The molecule has 20 heavy (non-hydrogen) atoms. The van der Waals surface area contributed by atoms with Gasteiger partial charge in [-0.3, -0.25) is 9.69 Å². The summed E-state index contributed by atoms with van der Waals surface area (Å²) < 4.78 is 13.4. The Morgan fingerprint density at radius 1 is 1.25 bits per heavy atom. The van der Waals surface area contributed by atoms with Crippen LogP contribution in [0.3, 0.4) is 0 Å². The molecule has 1 amide bonds. The van der Waals surface area contributed by atoms with E-state index in [0.29, 0.717) is 13.1 Å². The minimum Gasteiger partial charge on any atom is -0.342 e. The van der Waals surface area contributed by atoms with E-state index in [2.05, 4.69) is 4.90 Å². The van der Waals surface area contributed by atoms with Crippen molar-refractivity contribution < 1.29 is 9.18 Å². The van der Waals surface area contributed by atoms with Crippen molar-refractivity contribution >= 4 is 5.91 Å². The second kappa shape index (κ2) is 6.81. The fourth-order valence-corrected chi connectivity index (χ4v) is 2.63. The van der Waals surface area contributed by atoms with Crippen LogP contribution in [0.4, 0.5) is 4.39 Å². The van der Waals surface area contributed by atoms with E-state index in [-0.39, 0.29) is 11.7 Å². The van der Waals surface area contributed by atoms with Crippen molar-refractivity contribution in [2.24, 2.45) is 5.73 Å². The van der Waals surface area contributed by atoms with E-state index >= 15 is 0 Å². The van der Waals surface area contributed by atoms with E-state index in [1.807, 2.05) is 4.90 Å². The molecule has 4 nitrogen and oxygen atoms in total. The molecule has 1 fully saturated rings. The number of benzene rings is 1. The number of rotatable bonds is 3. The monoisotopic (exact) mass is 279 g/mol. The zero-order chi connectivity index (χ0) is 14.5. The van der Waals surface area contributed by atoms with Crippen LogP contribution in [-0.2, 0) is 17.9 Å². The van der Waals surface area contributed by atoms with Crippen molar-refractivity contribution in [3.05, 3.63) is 35.1 Å². The average molecular weight is 279 g/mol. The maximum Gasteiger partial charge on any atom is 0.219 e. The lowest BCUT2D eigenvalue weighted by Crippen LogP contribution is -2.33. The second-order valence-electron chi connectivity index (χ2n) is 5.25. The number of carbonyl (C=O) groups excluding carboxylic acids is 1. The molecule has 1 aliphatic rings. The minimum atomic E-state index is -0.225. The lowest BCUT2D eigenvalue weighted by atomic mass is 10.1. The van der Waals surface area contributed by atoms with Gasteiger partial charge in [0.25, 0.3) is 0 Å². The van der Waals surface area contributed by atoms with Crippen molar-refractivity contribution in [3.63, 3.8) is 0 Å². The normalized spacial score (nSPS) is 17.1.